The number of Topliss-reactive ketones (excluding diaryl/α,β-unsaturated/α-hetero) is 1. The Balaban J connectivity index is 1.86. The van der Waals surface area contributed by atoms with Crippen LogP contribution in [-0.2, 0) is 4.79 Å². The summed E-state index contributed by atoms with van der Waals surface area (Å²) in [6.07, 6.45) is 1.58. The number of carbonyl (C=O) groups is 2. The Labute approximate surface area is 170 Å². The van der Waals surface area contributed by atoms with Crippen LogP contribution in [0.4, 0.5) is 5.13 Å². The summed E-state index contributed by atoms with van der Waals surface area (Å²) in [5.74, 6) is -1.62. The topological polar surface area (TPSA) is 70.5 Å². The van der Waals surface area contributed by atoms with Crippen molar-refractivity contribution in [1.82, 2.24) is 4.98 Å². The second-order valence-corrected chi connectivity index (χ2v) is 7.71. The van der Waals surface area contributed by atoms with Gasteiger partial charge in [-0.05, 0) is 36.8 Å². The smallest absolute Gasteiger partial charge is 0.296 e. The first-order valence-corrected chi connectivity index (χ1v) is 9.76. The van der Waals surface area contributed by atoms with Gasteiger partial charge in [0.15, 0.2) is 16.7 Å². The summed E-state index contributed by atoms with van der Waals surface area (Å²) in [7, 11) is 0. The predicted molar refractivity (Wildman–Crippen MR) is 109 cm³/mol. The van der Waals surface area contributed by atoms with Gasteiger partial charge in [-0.25, -0.2) is 4.98 Å². The highest BCUT2D eigenvalue weighted by molar-refractivity contribution is 7.13. The molecule has 0 saturated heterocycles. The number of halogens is 1. The number of anilines is 1. The van der Waals surface area contributed by atoms with Crippen molar-refractivity contribution in [2.24, 2.45) is 0 Å². The molecule has 0 spiro atoms. The van der Waals surface area contributed by atoms with Crippen molar-refractivity contribution in [3.63, 3.8) is 0 Å². The first-order valence-electron chi connectivity index (χ1n) is 8.50. The van der Waals surface area contributed by atoms with Crippen molar-refractivity contribution in [2.45, 2.75) is 13.0 Å². The minimum atomic E-state index is -0.762. The van der Waals surface area contributed by atoms with E-state index in [1.165, 1.54) is 16.2 Å². The van der Waals surface area contributed by atoms with Gasteiger partial charge in [-0.1, -0.05) is 41.4 Å². The number of ketones is 1. The van der Waals surface area contributed by atoms with E-state index < -0.39 is 23.5 Å². The molecule has 2 aromatic carbocycles. The Morgan fingerprint density at radius 2 is 1.82 bits per heavy atom. The number of carbonyl (C=O) groups excluding carboxylic acids is 2. The van der Waals surface area contributed by atoms with Crippen LogP contribution in [0.5, 0.6) is 0 Å². The third kappa shape index (κ3) is 3.10. The fourth-order valence-corrected chi connectivity index (χ4v) is 3.98. The average Bonchev–Trinajstić information content (AvgIpc) is 3.30. The molecule has 7 heteroatoms. The first kappa shape index (κ1) is 18.4. The molecule has 140 valence electrons. The zero-order valence-corrected chi connectivity index (χ0v) is 16.4. The van der Waals surface area contributed by atoms with Crippen molar-refractivity contribution in [3.05, 3.63) is 93.2 Å². The molecule has 0 aliphatic carbocycles. The van der Waals surface area contributed by atoms with Crippen molar-refractivity contribution >= 4 is 39.8 Å². The highest BCUT2D eigenvalue weighted by Crippen LogP contribution is 2.42. The number of nitrogens with zero attached hydrogens (tertiary/aromatic N) is 2. The molecule has 1 aliphatic heterocycles. The average molecular weight is 411 g/mol. The first-order chi connectivity index (χ1) is 13.5. The van der Waals surface area contributed by atoms with Gasteiger partial charge in [0.25, 0.3) is 5.91 Å². The van der Waals surface area contributed by atoms with Gasteiger partial charge in [0.1, 0.15) is 0 Å². The summed E-state index contributed by atoms with van der Waals surface area (Å²) < 4.78 is 0. The number of benzene rings is 2. The number of aromatic nitrogens is 1. The lowest BCUT2D eigenvalue weighted by Crippen LogP contribution is -2.30. The van der Waals surface area contributed by atoms with E-state index >= 15 is 0 Å². The SMILES string of the molecule is Cc1ccc(C2C(C(=O)c3ccc(Cl)cc3)=C(O)C(=O)N2c2nccs2)cc1. The van der Waals surface area contributed by atoms with Gasteiger partial charge in [0.2, 0.25) is 0 Å². The summed E-state index contributed by atoms with van der Waals surface area (Å²) in [6, 6.07) is 13.1. The standard InChI is InChI=1S/C21H15ClN2O3S/c1-12-2-4-13(5-3-12)17-16(18(25)14-6-8-15(22)9-7-14)19(26)20(27)24(17)21-23-10-11-28-21/h2-11,17,26H,1H3. The Hall–Kier alpha value is -2.96. The van der Waals surface area contributed by atoms with E-state index in [0.717, 1.165) is 11.1 Å². The summed E-state index contributed by atoms with van der Waals surface area (Å²) >= 11 is 7.18. The van der Waals surface area contributed by atoms with Crippen LogP contribution in [0.1, 0.15) is 27.5 Å². The van der Waals surface area contributed by atoms with E-state index in [-0.39, 0.29) is 5.57 Å². The number of hydrogen-bond donors (Lipinski definition) is 1. The van der Waals surface area contributed by atoms with Crippen molar-refractivity contribution in [3.8, 4) is 0 Å². The summed E-state index contributed by atoms with van der Waals surface area (Å²) in [5.41, 5.74) is 2.14. The minimum Gasteiger partial charge on any atom is -0.503 e. The zero-order chi connectivity index (χ0) is 19.8. The van der Waals surface area contributed by atoms with Crippen LogP contribution in [0.2, 0.25) is 5.02 Å². The lowest BCUT2D eigenvalue weighted by molar-refractivity contribution is -0.117. The van der Waals surface area contributed by atoms with Crippen LogP contribution in [0.25, 0.3) is 0 Å². The molecule has 1 N–H and O–H groups in total. The van der Waals surface area contributed by atoms with E-state index in [9.17, 15) is 14.7 Å². The molecule has 1 aliphatic rings. The van der Waals surface area contributed by atoms with E-state index in [1.54, 1.807) is 35.8 Å². The molecule has 5 nitrogen and oxygen atoms in total. The second-order valence-electron chi connectivity index (χ2n) is 6.40. The number of aliphatic hydroxyl groups is 1. The molecule has 28 heavy (non-hydrogen) atoms. The third-order valence-electron chi connectivity index (χ3n) is 4.58. The number of thiazole rings is 1. The molecule has 3 aromatic rings. The van der Waals surface area contributed by atoms with Crippen molar-refractivity contribution in [2.75, 3.05) is 4.90 Å². The molecule has 4 rings (SSSR count). The number of hydrogen-bond acceptors (Lipinski definition) is 5. The van der Waals surface area contributed by atoms with Crippen LogP contribution in [0, 0.1) is 6.92 Å². The monoisotopic (exact) mass is 410 g/mol. The molecule has 1 aromatic heterocycles. The molecule has 0 bridgehead atoms. The van der Waals surface area contributed by atoms with Gasteiger partial charge in [0, 0.05) is 22.2 Å². The van der Waals surface area contributed by atoms with Crippen molar-refractivity contribution < 1.29 is 14.7 Å². The van der Waals surface area contributed by atoms with Crippen LogP contribution in [0.3, 0.4) is 0 Å². The number of aryl methyl sites for hydroxylation is 1. The lowest BCUT2D eigenvalue weighted by atomic mass is 9.92. The van der Waals surface area contributed by atoms with E-state index in [1.807, 2.05) is 31.2 Å². The lowest BCUT2D eigenvalue weighted by Gasteiger charge is -2.24. The molecule has 0 saturated carbocycles. The number of rotatable bonds is 4. The second kappa shape index (κ2) is 7.22. The molecular weight excluding hydrogens is 396 g/mol. The summed E-state index contributed by atoms with van der Waals surface area (Å²) in [4.78, 5) is 31.7. The van der Waals surface area contributed by atoms with Crippen LogP contribution in [0.15, 0.2) is 71.4 Å². The maximum Gasteiger partial charge on any atom is 0.296 e. The van der Waals surface area contributed by atoms with Crippen LogP contribution in [-0.4, -0.2) is 21.8 Å². The predicted octanol–water partition coefficient (Wildman–Crippen LogP) is 4.89. The molecule has 1 amide bonds. The fourth-order valence-electron chi connectivity index (χ4n) is 3.19. The van der Waals surface area contributed by atoms with E-state index in [2.05, 4.69) is 4.98 Å². The molecule has 1 unspecified atom stereocenters. The Bertz CT molecular complexity index is 1070. The van der Waals surface area contributed by atoms with Gasteiger partial charge in [0.05, 0.1) is 11.6 Å². The van der Waals surface area contributed by atoms with Gasteiger partial charge < -0.3 is 5.11 Å². The molecule has 1 atom stereocenters. The molecule has 2 heterocycles. The summed E-state index contributed by atoms with van der Waals surface area (Å²) in [6.45, 7) is 1.95. The maximum absolute atomic E-state index is 13.2. The van der Waals surface area contributed by atoms with E-state index in [4.69, 9.17) is 11.6 Å². The normalized spacial score (nSPS) is 16.7. The molecule has 0 fully saturated rings. The highest BCUT2D eigenvalue weighted by Gasteiger charge is 2.45. The van der Waals surface area contributed by atoms with Gasteiger partial charge in [-0.2, -0.15) is 0 Å². The Morgan fingerprint density at radius 3 is 2.43 bits per heavy atom. The number of amides is 1. The quantitative estimate of drug-likeness (QED) is 0.622. The van der Waals surface area contributed by atoms with Crippen molar-refractivity contribution in [1.29, 1.82) is 0 Å². The van der Waals surface area contributed by atoms with E-state index in [0.29, 0.717) is 15.7 Å². The fraction of sp³-hybridized carbons (Fsp3) is 0.0952. The molecular formula is C21H15ClN2O3S. The highest BCUT2D eigenvalue weighted by atomic mass is 35.5. The minimum absolute atomic E-state index is 0.0337. The van der Waals surface area contributed by atoms with Gasteiger partial charge >= 0.3 is 0 Å². The third-order valence-corrected chi connectivity index (χ3v) is 5.60. The number of aliphatic hydroxyl groups excluding tert-OH is 1. The van der Waals surface area contributed by atoms with Crippen LogP contribution >= 0.6 is 22.9 Å². The largest absolute Gasteiger partial charge is 0.503 e. The molecule has 0 radical (unpaired) electrons. The van der Waals surface area contributed by atoms with Gasteiger partial charge in [-0.3, -0.25) is 14.5 Å². The van der Waals surface area contributed by atoms with Gasteiger partial charge in [-0.15, -0.1) is 11.3 Å². The Morgan fingerprint density at radius 1 is 1.14 bits per heavy atom. The maximum atomic E-state index is 13.2. The van der Waals surface area contributed by atoms with Crippen LogP contribution < -0.4 is 4.90 Å². The Kier molecular flexibility index (Phi) is 4.75. The zero-order valence-electron chi connectivity index (χ0n) is 14.8. The summed E-state index contributed by atoms with van der Waals surface area (Å²) in [5, 5.41) is 13.3.